The van der Waals surface area contributed by atoms with Gasteiger partial charge in [0.15, 0.2) is 0 Å². The molecule has 0 N–H and O–H groups in total. The number of allylic oxidation sites excluding steroid dienone is 6. The van der Waals surface area contributed by atoms with Crippen LogP contribution in [-0.2, 0) is 0 Å². The zero-order chi connectivity index (χ0) is 11.4. The summed E-state index contributed by atoms with van der Waals surface area (Å²) < 4.78 is 0. The summed E-state index contributed by atoms with van der Waals surface area (Å²) in [6, 6.07) is 10.2. The van der Waals surface area contributed by atoms with E-state index in [-0.39, 0.29) is 0 Å². The van der Waals surface area contributed by atoms with Gasteiger partial charge in [-0.25, -0.2) is 0 Å². The lowest BCUT2D eigenvalue weighted by Gasteiger charge is -2.14. The van der Waals surface area contributed by atoms with Gasteiger partial charge in [0, 0.05) is 0 Å². The molecule has 0 spiro atoms. The Morgan fingerprint density at radius 1 is 1.00 bits per heavy atom. The molecular formula is C16H16. The van der Waals surface area contributed by atoms with Crippen molar-refractivity contribution < 1.29 is 0 Å². The molecule has 0 aromatic heterocycles. The van der Waals surface area contributed by atoms with E-state index in [1.54, 1.807) is 0 Å². The Bertz CT molecular complexity index is 458. The van der Waals surface area contributed by atoms with Crippen LogP contribution in [0.5, 0.6) is 0 Å². The fourth-order valence-corrected chi connectivity index (χ4v) is 1.86. The molecule has 0 aliphatic heterocycles. The molecule has 0 heterocycles. The molecule has 2 rings (SSSR count). The number of rotatable bonds is 3. The SMILES string of the molecule is C=C(C(=C)c1ccccc1)C1=CC=CCC1. The fourth-order valence-electron chi connectivity index (χ4n) is 1.86. The van der Waals surface area contributed by atoms with Crippen LogP contribution >= 0.6 is 0 Å². The molecule has 0 amide bonds. The van der Waals surface area contributed by atoms with Gasteiger partial charge in [-0.15, -0.1) is 0 Å². The summed E-state index contributed by atoms with van der Waals surface area (Å²) in [5, 5.41) is 0. The second kappa shape index (κ2) is 4.80. The third kappa shape index (κ3) is 2.22. The Morgan fingerprint density at radius 2 is 1.75 bits per heavy atom. The number of hydrogen-bond donors (Lipinski definition) is 0. The van der Waals surface area contributed by atoms with Gasteiger partial charge in [0.1, 0.15) is 0 Å². The zero-order valence-electron chi connectivity index (χ0n) is 9.45. The van der Waals surface area contributed by atoms with E-state index in [0.717, 1.165) is 29.6 Å². The summed E-state index contributed by atoms with van der Waals surface area (Å²) in [5.74, 6) is 0. The van der Waals surface area contributed by atoms with Gasteiger partial charge in [0.05, 0.1) is 0 Å². The van der Waals surface area contributed by atoms with E-state index >= 15 is 0 Å². The van der Waals surface area contributed by atoms with Gasteiger partial charge in [-0.3, -0.25) is 0 Å². The molecule has 0 atom stereocenters. The smallest absolute Gasteiger partial charge is 0.0184 e. The van der Waals surface area contributed by atoms with Crippen LogP contribution in [0.25, 0.3) is 5.57 Å². The van der Waals surface area contributed by atoms with Crippen molar-refractivity contribution in [3.8, 4) is 0 Å². The molecule has 0 saturated heterocycles. The van der Waals surface area contributed by atoms with Crippen LogP contribution in [0.3, 0.4) is 0 Å². The molecule has 1 aliphatic carbocycles. The van der Waals surface area contributed by atoms with E-state index in [1.807, 2.05) is 18.2 Å². The number of hydrogen-bond acceptors (Lipinski definition) is 0. The van der Waals surface area contributed by atoms with Crippen molar-refractivity contribution in [3.63, 3.8) is 0 Å². The molecule has 1 aromatic carbocycles. The van der Waals surface area contributed by atoms with Crippen LogP contribution in [0.2, 0.25) is 0 Å². The van der Waals surface area contributed by atoms with E-state index in [2.05, 4.69) is 43.5 Å². The molecule has 0 unspecified atom stereocenters. The van der Waals surface area contributed by atoms with Gasteiger partial charge in [-0.2, -0.15) is 0 Å². The van der Waals surface area contributed by atoms with E-state index in [9.17, 15) is 0 Å². The number of benzene rings is 1. The van der Waals surface area contributed by atoms with E-state index in [1.165, 1.54) is 5.57 Å². The maximum atomic E-state index is 4.15. The molecule has 1 aromatic rings. The second-order valence-electron chi connectivity index (χ2n) is 3.98. The third-order valence-corrected chi connectivity index (χ3v) is 2.89. The van der Waals surface area contributed by atoms with Crippen molar-refractivity contribution in [3.05, 3.63) is 78.4 Å². The van der Waals surface area contributed by atoms with E-state index in [0.29, 0.717) is 0 Å². The monoisotopic (exact) mass is 208 g/mol. The highest BCUT2D eigenvalue weighted by molar-refractivity contribution is 5.81. The molecule has 1 aliphatic rings. The quantitative estimate of drug-likeness (QED) is 0.640. The molecule has 0 heteroatoms. The first-order valence-electron chi connectivity index (χ1n) is 5.58. The topological polar surface area (TPSA) is 0 Å². The minimum Gasteiger partial charge on any atom is -0.0909 e. The molecule has 0 nitrogen and oxygen atoms in total. The standard InChI is InChI=1S/C16H16/c1-13(15-9-5-3-6-10-15)14(2)16-11-7-4-8-12-16/h3-7,9-11H,1-2,8,12H2. The van der Waals surface area contributed by atoms with Crippen LogP contribution in [0, 0.1) is 0 Å². The lowest BCUT2D eigenvalue weighted by molar-refractivity contribution is 0.981. The fraction of sp³-hybridized carbons (Fsp3) is 0.125. The maximum Gasteiger partial charge on any atom is -0.0184 e. The first-order valence-corrected chi connectivity index (χ1v) is 5.58. The highest BCUT2D eigenvalue weighted by atomic mass is 14.1. The predicted molar refractivity (Wildman–Crippen MR) is 71.1 cm³/mol. The van der Waals surface area contributed by atoms with Crippen molar-refractivity contribution in [1.82, 2.24) is 0 Å². The Kier molecular flexibility index (Phi) is 3.21. The summed E-state index contributed by atoms with van der Waals surface area (Å²) in [6.45, 7) is 8.29. The van der Waals surface area contributed by atoms with Crippen LogP contribution in [-0.4, -0.2) is 0 Å². The molecule has 80 valence electrons. The summed E-state index contributed by atoms with van der Waals surface area (Å²) in [7, 11) is 0. The second-order valence-corrected chi connectivity index (χ2v) is 3.98. The van der Waals surface area contributed by atoms with Gasteiger partial charge < -0.3 is 0 Å². The highest BCUT2D eigenvalue weighted by Crippen LogP contribution is 2.29. The largest absolute Gasteiger partial charge is 0.0909 e. The predicted octanol–water partition coefficient (Wildman–Crippen LogP) is 4.53. The summed E-state index contributed by atoms with van der Waals surface area (Å²) >= 11 is 0. The van der Waals surface area contributed by atoms with Crippen molar-refractivity contribution >= 4 is 5.57 Å². The summed E-state index contributed by atoms with van der Waals surface area (Å²) in [6.07, 6.45) is 8.60. The highest BCUT2D eigenvalue weighted by Gasteiger charge is 2.08. The molecular weight excluding hydrogens is 192 g/mol. The summed E-state index contributed by atoms with van der Waals surface area (Å²) in [4.78, 5) is 0. The molecule has 0 fully saturated rings. The zero-order valence-corrected chi connectivity index (χ0v) is 9.45. The van der Waals surface area contributed by atoms with Gasteiger partial charge in [-0.1, -0.05) is 61.7 Å². The normalized spacial score (nSPS) is 14.4. The van der Waals surface area contributed by atoms with E-state index in [4.69, 9.17) is 0 Å². The van der Waals surface area contributed by atoms with Crippen LogP contribution in [0.1, 0.15) is 18.4 Å². The van der Waals surface area contributed by atoms with Gasteiger partial charge >= 0.3 is 0 Å². The first-order chi connectivity index (χ1) is 7.79. The average molecular weight is 208 g/mol. The Morgan fingerprint density at radius 3 is 2.38 bits per heavy atom. The average Bonchev–Trinajstić information content (AvgIpc) is 2.39. The van der Waals surface area contributed by atoms with Crippen LogP contribution in [0.15, 0.2) is 72.9 Å². The van der Waals surface area contributed by atoms with Crippen LogP contribution in [0.4, 0.5) is 0 Å². The van der Waals surface area contributed by atoms with Crippen molar-refractivity contribution in [1.29, 1.82) is 0 Å². The minimum atomic E-state index is 1.03. The molecule has 0 radical (unpaired) electrons. The Hall–Kier alpha value is -1.82. The molecule has 0 bridgehead atoms. The van der Waals surface area contributed by atoms with Gasteiger partial charge in [0.25, 0.3) is 0 Å². The lowest BCUT2D eigenvalue weighted by atomic mass is 9.90. The van der Waals surface area contributed by atoms with Crippen LogP contribution < -0.4 is 0 Å². The van der Waals surface area contributed by atoms with Crippen molar-refractivity contribution in [2.45, 2.75) is 12.8 Å². The summed E-state index contributed by atoms with van der Waals surface area (Å²) in [5.41, 5.74) is 4.55. The van der Waals surface area contributed by atoms with Crippen molar-refractivity contribution in [2.24, 2.45) is 0 Å². The maximum absolute atomic E-state index is 4.15. The van der Waals surface area contributed by atoms with Gasteiger partial charge in [0.2, 0.25) is 0 Å². The molecule has 0 saturated carbocycles. The van der Waals surface area contributed by atoms with Gasteiger partial charge in [-0.05, 0) is 35.1 Å². The Labute approximate surface area is 97.3 Å². The molecule has 16 heavy (non-hydrogen) atoms. The van der Waals surface area contributed by atoms with Crippen molar-refractivity contribution in [2.75, 3.05) is 0 Å². The van der Waals surface area contributed by atoms with E-state index < -0.39 is 0 Å². The Balaban J connectivity index is 2.20. The lowest BCUT2D eigenvalue weighted by Crippen LogP contribution is -1.94. The minimum absolute atomic E-state index is 1.03. The first kappa shape index (κ1) is 10.7. The third-order valence-electron chi connectivity index (χ3n) is 2.89.